The van der Waals surface area contributed by atoms with E-state index in [9.17, 15) is 0 Å². The van der Waals surface area contributed by atoms with Gasteiger partial charge in [-0.15, -0.1) is 35.3 Å². The van der Waals surface area contributed by atoms with Gasteiger partial charge in [-0.05, 0) is 39.2 Å². The van der Waals surface area contributed by atoms with Gasteiger partial charge in [-0.2, -0.15) is 0 Å². The largest absolute Gasteiger partial charge is 0.357 e. The second kappa shape index (κ2) is 12.5. The highest BCUT2D eigenvalue weighted by molar-refractivity contribution is 14.0. The Bertz CT molecular complexity index is 741. The van der Waals surface area contributed by atoms with Crippen LogP contribution in [0.4, 0.5) is 0 Å². The van der Waals surface area contributed by atoms with Gasteiger partial charge in [-0.1, -0.05) is 30.3 Å². The lowest BCUT2D eigenvalue weighted by molar-refractivity contribution is 0.158. The first kappa shape index (κ1) is 24.1. The topological polar surface area (TPSA) is 52.6 Å². The lowest BCUT2D eigenvalue weighted by Crippen LogP contribution is -2.49. The molecular formula is C22H34IN5S. The van der Waals surface area contributed by atoms with Gasteiger partial charge < -0.3 is 10.6 Å². The third kappa shape index (κ3) is 7.53. The molecule has 5 nitrogen and oxygen atoms in total. The molecule has 0 radical (unpaired) electrons. The molecule has 3 rings (SSSR count). The maximum Gasteiger partial charge on any atom is 0.191 e. The van der Waals surface area contributed by atoms with Gasteiger partial charge in [-0.3, -0.25) is 9.89 Å². The minimum Gasteiger partial charge on any atom is -0.357 e. The van der Waals surface area contributed by atoms with Crippen LogP contribution in [0.3, 0.4) is 0 Å². The van der Waals surface area contributed by atoms with Crippen molar-refractivity contribution in [1.29, 1.82) is 0 Å². The van der Waals surface area contributed by atoms with Crippen molar-refractivity contribution in [3.05, 3.63) is 52.0 Å². The molecule has 2 heterocycles. The number of rotatable bonds is 7. The Kier molecular flexibility index (Phi) is 10.4. The Labute approximate surface area is 196 Å². The van der Waals surface area contributed by atoms with Gasteiger partial charge in [0.15, 0.2) is 5.96 Å². The third-order valence-corrected chi connectivity index (χ3v) is 6.28. The molecule has 0 spiro atoms. The standard InChI is InChI=1S/C22H33N5S.HI/c1-4-23-22(24-13-10-21-25-16-17(2)28-21)26-20-11-14-27(15-12-20)18(3)19-8-6-5-7-9-19;/h5-9,16,18,20H,4,10-15H2,1-3H3,(H2,23,24,26);1H. The Morgan fingerprint density at radius 1 is 1.28 bits per heavy atom. The zero-order valence-corrected chi connectivity index (χ0v) is 20.9. The number of aliphatic imine (C=N–C) groups is 1. The van der Waals surface area contributed by atoms with Gasteiger partial charge in [0.25, 0.3) is 0 Å². The number of hydrogen-bond acceptors (Lipinski definition) is 4. The number of benzene rings is 1. The molecule has 1 atom stereocenters. The molecule has 1 aliphatic heterocycles. The summed E-state index contributed by atoms with van der Waals surface area (Å²) in [6.07, 6.45) is 5.14. The average molecular weight is 528 g/mol. The van der Waals surface area contributed by atoms with E-state index in [0.29, 0.717) is 12.1 Å². The summed E-state index contributed by atoms with van der Waals surface area (Å²) >= 11 is 1.76. The fraction of sp³-hybridized carbons (Fsp3) is 0.545. The van der Waals surface area contributed by atoms with Crippen LogP contribution in [-0.4, -0.2) is 48.1 Å². The smallest absolute Gasteiger partial charge is 0.191 e. The monoisotopic (exact) mass is 527 g/mol. The number of aryl methyl sites for hydroxylation is 1. The van der Waals surface area contributed by atoms with Crippen LogP contribution < -0.4 is 10.6 Å². The Morgan fingerprint density at radius 2 is 2.00 bits per heavy atom. The molecule has 1 aromatic carbocycles. The first-order valence-electron chi connectivity index (χ1n) is 10.4. The maximum atomic E-state index is 4.76. The molecule has 1 fully saturated rings. The summed E-state index contributed by atoms with van der Waals surface area (Å²) in [4.78, 5) is 13.0. The molecule has 2 aromatic rings. The van der Waals surface area contributed by atoms with Gasteiger partial charge in [-0.25, -0.2) is 4.98 Å². The van der Waals surface area contributed by atoms with Crippen molar-refractivity contribution in [2.75, 3.05) is 26.2 Å². The van der Waals surface area contributed by atoms with Crippen LogP contribution in [0, 0.1) is 6.92 Å². The van der Waals surface area contributed by atoms with Crippen molar-refractivity contribution >= 4 is 41.3 Å². The first-order valence-corrected chi connectivity index (χ1v) is 11.2. The minimum atomic E-state index is 0. The van der Waals surface area contributed by atoms with Crippen LogP contribution >= 0.6 is 35.3 Å². The number of hydrogen-bond donors (Lipinski definition) is 2. The highest BCUT2D eigenvalue weighted by Gasteiger charge is 2.23. The molecule has 0 aliphatic carbocycles. The van der Waals surface area contributed by atoms with Crippen molar-refractivity contribution in [1.82, 2.24) is 20.5 Å². The molecule has 7 heteroatoms. The first-order chi connectivity index (χ1) is 13.7. The van der Waals surface area contributed by atoms with Crippen LogP contribution in [0.5, 0.6) is 0 Å². The molecule has 1 aromatic heterocycles. The molecule has 1 aliphatic rings. The SMILES string of the molecule is CCNC(=NCCc1ncc(C)s1)NC1CCN(C(C)c2ccccc2)CC1.I. The van der Waals surface area contributed by atoms with E-state index in [4.69, 9.17) is 4.99 Å². The van der Waals surface area contributed by atoms with Crippen molar-refractivity contribution in [3.63, 3.8) is 0 Å². The van der Waals surface area contributed by atoms with E-state index in [1.165, 1.54) is 15.4 Å². The summed E-state index contributed by atoms with van der Waals surface area (Å²) < 4.78 is 0. The van der Waals surface area contributed by atoms with Crippen molar-refractivity contribution < 1.29 is 0 Å². The number of piperidine rings is 1. The number of thiazole rings is 1. The summed E-state index contributed by atoms with van der Waals surface area (Å²) in [7, 11) is 0. The molecule has 0 saturated carbocycles. The van der Waals surface area contributed by atoms with Crippen LogP contribution in [0.25, 0.3) is 0 Å². The van der Waals surface area contributed by atoms with Gasteiger partial charge >= 0.3 is 0 Å². The van der Waals surface area contributed by atoms with E-state index in [0.717, 1.165) is 51.4 Å². The normalized spacial score (nSPS) is 16.9. The Balaban J connectivity index is 0.00000300. The van der Waals surface area contributed by atoms with Crippen LogP contribution in [0.2, 0.25) is 0 Å². The van der Waals surface area contributed by atoms with Crippen molar-refractivity contribution in [2.24, 2.45) is 4.99 Å². The second-order valence-electron chi connectivity index (χ2n) is 7.42. The predicted octanol–water partition coefficient (Wildman–Crippen LogP) is 4.39. The molecule has 160 valence electrons. The zero-order chi connectivity index (χ0) is 19.8. The average Bonchev–Trinajstić information content (AvgIpc) is 3.14. The Morgan fingerprint density at radius 3 is 2.62 bits per heavy atom. The molecule has 0 bridgehead atoms. The van der Waals surface area contributed by atoms with Crippen LogP contribution in [0.1, 0.15) is 48.2 Å². The van der Waals surface area contributed by atoms with Crippen molar-refractivity contribution in [3.8, 4) is 0 Å². The lowest BCUT2D eigenvalue weighted by atomic mass is 10.0. The quantitative estimate of drug-likeness (QED) is 0.319. The number of aromatic nitrogens is 1. The molecule has 29 heavy (non-hydrogen) atoms. The fourth-order valence-corrected chi connectivity index (χ4v) is 4.44. The van der Waals surface area contributed by atoms with E-state index >= 15 is 0 Å². The van der Waals surface area contributed by atoms with E-state index < -0.39 is 0 Å². The van der Waals surface area contributed by atoms with E-state index in [1.807, 2.05) is 6.20 Å². The van der Waals surface area contributed by atoms with E-state index in [-0.39, 0.29) is 24.0 Å². The highest BCUT2D eigenvalue weighted by Crippen LogP contribution is 2.24. The fourth-order valence-electron chi connectivity index (χ4n) is 3.67. The summed E-state index contributed by atoms with van der Waals surface area (Å²) in [6, 6.07) is 11.8. The summed E-state index contributed by atoms with van der Waals surface area (Å²) in [5, 5.41) is 8.20. The minimum absolute atomic E-state index is 0. The van der Waals surface area contributed by atoms with Gasteiger partial charge in [0, 0.05) is 55.8 Å². The summed E-state index contributed by atoms with van der Waals surface area (Å²) in [5.41, 5.74) is 1.40. The molecule has 0 amide bonds. The third-order valence-electron chi connectivity index (χ3n) is 5.31. The number of likely N-dealkylation sites (tertiary alicyclic amines) is 1. The molecule has 1 saturated heterocycles. The maximum absolute atomic E-state index is 4.76. The number of halogens is 1. The Hall–Kier alpha value is -1.19. The van der Waals surface area contributed by atoms with Crippen molar-refractivity contribution in [2.45, 2.75) is 52.1 Å². The lowest BCUT2D eigenvalue weighted by Gasteiger charge is -2.37. The van der Waals surface area contributed by atoms with Crippen LogP contribution in [0.15, 0.2) is 41.5 Å². The number of nitrogens with zero attached hydrogens (tertiary/aromatic N) is 3. The predicted molar refractivity (Wildman–Crippen MR) is 135 cm³/mol. The summed E-state index contributed by atoms with van der Waals surface area (Å²) in [6.45, 7) is 10.4. The number of nitrogens with one attached hydrogen (secondary N) is 2. The zero-order valence-electron chi connectivity index (χ0n) is 17.7. The van der Waals surface area contributed by atoms with Gasteiger partial charge in [0.05, 0.1) is 5.01 Å². The second-order valence-corrected chi connectivity index (χ2v) is 8.74. The van der Waals surface area contributed by atoms with E-state index in [2.05, 4.69) is 71.6 Å². The van der Waals surface area contributed by atoms with Gasteiger partial charge in [0.2, 0.25) is 0 Å². The highest BCUT2D eigenvalue weighted by atomic mass is 127. The van der Waals surface area contributed by atoms with E-state index in [1.54, 1.807) is 11.3 Å². The summed E-state index contributed by atoms with van der Waals surface area (Å²) in [5.74, 6) is 0.935. The van der Waals surface area contributed by atoms with Crippen LogP contribution in [-0.2, 0) is 6.42 Å². The molecular weight excluding hydrogens is 493 g/mol. The number of guanidine groups is 1. The molecule has 1 unspecified atom stereocenters. The molecule has 2 N–H and O–H groups in total. The van der Waals surface area contributed by atoms with Gasteiger partial charge in [0.1, 0.15) is 0 Å².